The highest BCUT2D eigenvalue weighted by Crippen LogP contribution is 2.24. The second kappa shape index (κ2) is 7.67. The molecule has 1 amide bonds. The summed E-state index contributed by atoms with van der Waals surface area (Å²) < 4.78 is 11.4. The fourth-order valence-electron chi connectivity index (χ4n) is 2.52. The van der Waals surface area contributed by atoms with E-state index < -0.39 is 0 Å². The number of carbonyl (C=O) groups excluding carboxylic acids is 1. The number of carbonyl (C=O) groups is 1. The SMILES string of the molecule is Cc1ccc(C)c(OCc2ccc(C(=O)Nc3cccc(Cl)c3C)o2)c1. The summed E-state index contributed by atoms with van der Waals surface area (Å²) in [5, 5.41) is 3.41. The number of hydrogen-bond donors (Lipinski definition) is 1. The summed E-state index contributed by atoms with van der Waals surface area (Å²) in [7, 11) is 0. The van der Waals surface area contributed by atoms with Crippen molar-refractivity contribution in [2.24, 2.45) is 0 Å². The van der Waals surface area contributed by atoms with Crippen molar-refractivity contribution in [2.75, 3.05) is 5.32 Å². The number of amides is 1. The van der Waals surface area contributed by atoms with Gasteiger partial charge in [0.05, 0.1) is 0 Å². The van der Waals surface area contributed by atoms with Crippen molar-refractivity contribution < 1.29 is 13.9 Å². The Labute approximate surface area is 157 Å². The molecule has 134 valence electrons. The molecule has 0 atom stereocenters. The largest absolute Gasteiger partial charge is 0.485 e. The highest BCUT2D eigenvalue weighted by Gasteiger charge is 2.14. The lowest BCUT2D eigenvalue weighted by Gasteiger charge is -2.09. The summed E-state index contributed by atoms with van der Waals surface area (Å²) in [5.74, 6) is 1.29. The van der Waals surface area contributed by atoms with Gasteiger partial charge in [-0.15, -0.1) is 0 Å². The fourth-order valence-corrected chi connectivity index (χ4v) is 2.69. The van der Waals surface area contributed by atoms with Gasteiger partial charge < -0.3 is 14.5 Å². The van der Waals surface area contributed by atoms with Gasteiger partial charge in [-0.25, -0.2) is 0 Å². The van der Waals surface area contributed by atoms with Crippen LogP contribution in [0.5, 0.6) is 5.75 Å². The Morgan fingerprint density at radius 2 is 1.92 bits per heavy atom. The van der Waals surface area contributed by atoms with Crippen molar-refractivity contribution >= 4 is 23.2 Å². The number of anilines is 1. The molecule has 0 aliphatic carbocycles. The summed E-state index contributed by atoms with van der Waals surface area (Å²) in [6, 6.07) is 14.8. The first-order valence-corrected chi connectivity index (χ1v) is 8.67. The molecular weight excluding hydrogens is 350 g/mol. The summed E-state index contributed by atoms with van der Waals surface area (Å²) >= 11 is 6.08. The molecule has 0 unspecified atom stereocenters. The van der Waals surface area contributed by atoms with Crippen LogP contribution in [0.4, 0.5) is 5.69 Å². The van der Waals surface area contributed by atoms with Crippen LogP contribution in [0.15, 0.2) is 52.9 Å². The number of ether oxygens (including phenoxy) is 1. The lowest BCUT2D eigenvalue weighted by Crippen LogP contribution is -2.12. The van der Waals surface area contributed by atoms with Gasteiger partial charge in [0.2, 0.25) is 0 Å². The summed E-state index contributed by atoms with van der Waals surface area (Å²) in [6.07, 6.45) is 0. The molecule has 26 heavy (non-hydrogen) atoms. The van der Waals surface area contributed by atoms with Crippen LogP contribution in [0.1, 0.15) is 33.0 Å². The smallest absolute Gasteiger partial charge is 0.291 e. The first kappa shape index (κ1) is 18.1. The molecule has 2 aromatic carbocycles. The van der Waals surface area contributed by atoms with Crippen LogP contribution in [-0.4, -0.2) is 5.91 Å². The Bertz CT molecular complexity index is 946. The van der Waals surface area contributed by atoms with Crippen molar-refractivity contribution in [2.45, 2.75) is 27.4 Å². The molecule has 1 aromatic heterocycles. The van der Waals surface area contributed by atoms with E-state index in [0.717, 1.165) is 22.4 Å². The molecule has 3 rings (SSSR count). The zero-order chi connectivity index (χ0) is 18.7. The van der Waals surface area contributed by atoms with Crippen LogP contribution in [0, 0.1) is 20.8 Å². The van der Waals surface area contributed by atoms with Crippen molar-refractivity contribution in [3.05, 3.63) is 81.8 Å². The predicted octanol–water partition coefficient (Wildman–Crippen LogP) is 5.69. The minimum absolute atomic E-state index is 0.226. The Kier molecular flexibility index (Phi) is 5.33. The van der Waals surface area contributed by atoms with Gasteiger partial charge in [0.15, 0.2) is 5.76 Å². The van der Waals surface area contributed by atoms with Crippen LogP contribution in [-0.2, 0) is 6.61 Å². The third-order valence-corrected chi connectivity index (χ3v) is 4.52. The molecule has 0 saturated heterocycles. The van der Waals surface area contributed by atoms with Gasteiger partial charge in [-0.2, -0.15) is 0 Å². The predicted molar refractivity (Wildman–Crippen MR) is 103 cm³/mol. The van der Waals surface area contributed by atoms with Gasteiger partial charge in [0.25, 0.3) is 5.91 Å². The molecular formula is C21H20ClNO3. The number of rotatable bonds is 5. The lowest BCUT2D eigenvalue weighted by molar-refractivity contribution is 0.0992. The minimum Gasteiger partial charge on any atom is -0.485 e. The topological polar surface area (TPSA) is 51.5 Å². The summed E-state index contributed by atoms with van der Waals surface area (Å²) in [4.78, 5) is 12.4. The van der Waals surface area contributed by atoms with Crippen molar-refractivity contribution in [3.63, 3.8) is 0 Å². The molecule has 0 bridgehead atoms. The quantitative estimate of drug-likeness (QED) is 0.628. The molecule has 3 aromatic rings. The van der Waals surface area contributed by atoms with Gasteiger partial charge in [-0.1, -0.05) is 29.8 Å². The molecule has 0 aliphatic heterocycles. The van der Waals surface area contributed by atoms with Crippen LogP contribution in [0.3, 0.4) is 0 Å². The van der Waals surface area contributed by atoms with E-state index in [1.54, 1.807) is 30.3 Å². The highest BCUT2D eigenvalue weighted by atomic mass is 35.5. The second-order valence-corrected chi connectivity index (χ2v) is 6.60. The van der Waals surface area contributed by atoms with E-state index in [1.807, 2.05) is 39.0 Å². The number of benzene rings is 2. The first-order valence-electron chi connectivity index (χ1n) is 8.29. The van der Waals surface area contributed by atoms with Crippen LogP contribution >= 0.6 is 11.6 Å². The molecule has 0 saturated carbocycles. The average molecular weight is 370 g/mol. The van der Waals surface area contributed by atoms with Gasteiger partial charge in [-0.05, 0) is 67.8 Å². The Morgan fingerprint density at radius 1 is 1.12 bits per heavy atom. The standard InChI is InChI=1S/C21H20ClNO3/c1-13-7-8-14(2)20(11-13)25-12-16-9-10-19(26-16)21(24)23-18-6-4-5-17(22)15(18)3/h4-11H,12H2,1-3H3,(H,23,24). The Morgan fingerprint density at radius 3 is 2.73 bits per heavy atom. The highest BCUT2D eigenvalue weighted by molar-refractivity contribution is 6.31. The fraction of sp³-hybridized carbons (Fsp3) is 0.190. The van der Waals surface area contributed by atoms with E-state index in [0.29, 0.717) is 16.5 Å². The van der Waals surface area contributed by atoms with Gasteiger partial charge in [-0.3, -0.25) is 4.79 Å². The van der Waals surface area contributed by atoms with Crippen LogP contribution < -0.4 is 10.1 Å². The number of furan rings is 1. The van der Waals surface area contributed by atoms with E-state index >= 15 is 0 Å². The number of halogens is 1. The Hall–Kier alpha value is -2.72. The van der Waals surface area contributed by atoms with E-state index in [2.05, 4.69) is 5.32 Å². The van der Waals surface area contributed by atoms with Crippen molar-refractivity contribution in [1.82, 2.24) is 0 Å². The maximum atomic E-state index is 12.4. The molecule has 0 aliphatic rings. The summed E-state index contributed by atoms with van der Waals surface area (Å²) in [6.45, 7) is 6.11. The lowest BCUT2D eigenvalue weighted by atomic mass is 10.1. The molecule has 0 spiro atoms. The molecule has 1 N–H and O–H groups in total. The normalized spacial score (nSPS) is 10.6. The van der Waals surface area contributed by atoms with Crippen LogP contribution in [0.25, 0.3) is 0 Å². The number of hydrogen-bond acceptors (Lipinski definition) is 3. The molecule has 4 nitrogen and oxygen atoms in total. The third-order valence-electron chi connectivity index (χ3n) is 4.11. The number of aryl methyl sites for hydroxylation is 2. The second-order valence-electron chi connectivity index (χ2n) is 6.19. The van der Waals surface area contributed by atoms with Crippen molar-refractivity contribution in [3.8, 4) is 5.75 Å². The molecule has 1 heterocycles. The maximum Gasteiger partial charge on any atom is 0.291 e. The summed E-state index contributed by atoms with van der Waals surface area (Å²) in [5.41, 5.74) is 3.65. The van der Waals surface area contributed by atoms with E-state index in [1.165, 1.54) is 0 Å². The van der Waals surface area contributed by atoms with Crippen LogP contribution in [0.2, 0.25) is 5.02 Å². The van der Waals surface area contributed by atoms with E-state index in [-0.39, 0.29) is 18.3 Å². The Balaban J connectivity index is 1.66. The van der Waals surface area contributed by atoms with Gasteiger partial charge in [0.1, 0.15) is 18.1 Å². The van der Waals surface area contributed by atoms with Crippen molar-refractivity contribution in [1.29, 1.82) is 0 Å². The zero-order valence-electron chi connectivity index (χ0n) is 14.9. The third kappa shape index (κ3) is 4.09. The molecule has 5 heteroatoms. The van der Waals surface area contributed by atoms with Gasteiger partial charge >= 0.3 is 0 Å². The van der Waals surface area contributed by atoms with E-state index in [4.69, 9.17) is 20.8 Å². The minimum atomic E-state index is -0.326. The first-order chi connectivity index (χ1) is 12.4. The van der Waals surface area contributed by atoms with Gasteiger partial charge in [0, 0.05) is 10.7 Å². The maximum absolute atomic E-state index is 12.4. The number of nitrogens with one attached hydrogen (secondary N) is 1. The monoisotopic (exact) mass is 369 g/mol. The molecule has 0 fully saturated rings. The molecule has 0 radical (unpaired) electrons. The zero-order valence-corrected chi connectivity index (χ0v) is 15.7. The average Bonchev–Trinajstić information content (AvgIpc) is 3.09. The van der Waals surface area contributed by atoms with E-state index in [9.17, 15) is 4.79 Å².